The third-order valence-electron chi connectivity index (χ3n) is 5.01. The monoisotopic (exact) mass is 505 g/mol. The van der Waals surface area contributed by atoms with Crippen LogP contribution in [0.15, 0.2) is 89.1 Å². The van der Waals surface area contributed by atoms with Crippen molar-refractivity contribution in [1.29, 1.82) is 0 Å². The van der Waals surface area contributed by atoms with E-state index >= 15 is 0 Å². The predicted octanol–water partition coefficient (Wildman–Crippen LogP) is 5.62. The second kappa shape index (κ2) is 11.7. The van der Waals surface area contributed by atoms with Crippen molar-refractivity contribution in [3.05, 3.63) is 89.4 Å². The Labute approximate surface area is 213 Å². The molecule has 4 rings (SSSR count). The molecule has 1 amide bonds. The Hall–Kier alpha value is -3.62. The first kappa shape index (κ1) is 24.5. The summed E-state index contributed by atoms with van der Waals surface area (Å²) in [6.45, 7) is 4.37. The smallest absolute Gasteiger partial charge is 0.250 e. The quantitative estimate of drug-likeness (QED) is 0.181. The van der Waals surface area contributed by atoms with Gasteiger partial charge >= 0.3 is 0 Å². The van der Waals surface area contributed by atoms with Gasteiger partial charge in [0.15, 0.2) is 11.0 Å². The molecule has 1 aromatic heterocycles. The Bertz CT molecular complexity index is 1310. The summed E-state index contributed by atoms with van der Waals surface area (Å²) in [7, 11) is 0. The van der Waals surface area contributed by atoms with Gasteiger partial charge in [0, 0.05) is 16.3 Å². The van der Waals surface area contributed by atoms with Crippen LogP contribution in [-0.4, -0.2) is 38.7 Å². The fourth-order valence-corrected chi connectivity index (χ4v) is 4.16. The van der Waals surface area contributed by atoms with Crippen LogP contribution >= 0.6 is 23.4 Å². The third kappa shape index (κ3) is 6.29. The minimum Gasteiger partial charge on any atom is -0.494 e. The van der Waals surface area contributed by atoms with Crippen LogP contribution in [0.3, 0.4) is 0 Å². The molecule has 9 heteroatoms. The highest BCUT2D eigenvalue weighted by molar-refractivity contribution is 7.99. The highest BCUT2D eigenvalue weighted by atomic mass is 35.5. The van der Waals surface area contributed by atoms with Gasteiger partial charge in [-0.25, -0.2) is 5.43 Å². The lowest BCUT2D eigenvalue weighted by Crippen LogP contribution is -2.21. The van der Waals surface area contributed by atoms with E-state index in [9.17, 15) is 4.79 Å². The molecule has 0 spiro atoms. The van der Waals surface area contributed by atoms with E-state index in [1.807, 2.05) is 85.1 Å². The van der Waals surface area contributed by atoms with Gasteiger partial charge in [0.05, 0.1) is 18.1 Å². The molecule has 0 aliphatic rings. The largest absolute Gasteiger partial charge is 0.494 e. The zero-order chi connectivity index (χ0) is 24.6. The van der Waals surface area contributed by atoms with Gasteiger partial charge in [-0.3, -0.25) is 9.36 Å². The summed E-state index contributed by atoms with van der Waals surface area (Å²) in [4.78, 5) is 12.5. The average molecular weight is 506 g/mol. The van der Waals surface area contributed by atoms with Crippen molar-refractivity contribution in [2.75, 3.05) is 12.4 Å². The van der Waals surface area contributed by atoms with Crippen LogP contribution in [0.25, 0.3) is 17.1 Å². The highest BCUT2D eigenvalue weighted by Gasteiger charge is 2.17. The molecule has 3 aromatic carbocycles. The molecule has 7 nitrogen and oxygen atoms in total. The van der Waals surface area contributed by atoms with E-state index < -0.39 is 0 Å². The maximum Gasteiger partial charge on any atom is 0.250 e. The van der Waals surface area contributed by atoms with Crippen LogP contribution in [-0.2, 0) is 4.79 Å². The number of halogens is 1. The van der Waals surface area contributed by atoms with Crippen molar-refractivity contribution >= 4 is 35.0 Å². The molecule has 0 atom stereocenters. The van der Waals surface area contributed by atoms with Gasteiger partial charge in [0.2, 0.25) is 0 Å². The number of thioether (sulfide) groups is 1. The van der Waals surface area contributed by atoms with E-state index in [0.717, 1.165) is 22.6 Å². The van der Waals surface area contributed by atoms with Gasteiger partial charge in [-0.1, -0.05) is 65.8 Å². The third-order valence-corrected chi connectivity index (χ3v) is 6.19. The molecule has 0 fully saturated rings. The number of amides is 1. The van der Waals surface area contributed by atoms with Crippen molar-refractivity contribution in [2.45, 2.75) is 19.0 Å². The fourth-order valence-electron chi connectivity index (χ4n) is 3.29. The maximum absolute atomic E-state index is 12.5. The Morgan fingerprint density at radius 3 is 2.43 bits per heavy atom. The van der Waals surface area contributed by atoms with E-state index in [4.69, 9.17) is 16.3 Å². The number of aromatic nitrogens is 3. The molecule has 0 radical (unpaired) electrons. The topological polar surface area (TPSA) is 81.4 Å². The molecule has 0 saturated carbocycles. The number of hydrogen-bond donors (Lipinski definition) is 1. The number of nitrogens with one attached hydrogen (secondary N) is 1. The lowest BCUT2D eigenvalue weighted by Gasteiger charge is -2.11. The van der Waals surface area contributed by atoms with Crippen LogP contribution < -0.4 is 10.2 Å². The molecule has 0 saturated heterocycles. The van der Waals surface area contributed by atoms with Gasteiger partial charge in [-0.05, 0) is 55.8 Å². The number of ether oxygens (including phenoxy) is 1. The molecule has 0 unspecified atom stereocenters. The highest BCUT2D eigenvalue weighted by Crippen LogP contribution is 2.28. The number of hydrogen-bond acceptors (Lipinski definition) is 6. The summed E-state index contributed by atoms with van der Waals surface area (Å²) in [6, 6.07) is 24.8. The molecule has 0 bridgehead atoms. The summed E-state index contributed by atoms with van der Waals surface area (Å²) in [5.41, 5.74) is 5.97. The van der Waals surface area contributed by atoms with Gasteiger partial charge in [0.1, 0.15) is 5.75 Å². The number of carbonyl (C=O) groups is 1. The normalized spacial score (nSPS) is 11.3. The molecule has 1 heterocycles. The zero-order valence-corrected chi connectivity index (χ0v) is 20.9. The number of rotatable bonds is 9. The Balaban J connectivity index is 1.52. The molecule has 178 valence electrons. The molecular formula is C26H24ClN5O2S. The number of hydrazone groups is 1. The zero-order valence-electron chi connectivity index (χ0n) is 19.3. The van der Waals surface area contributed by atoms with E-state index in [-0.39, 0.29) is 11.7 Å². The first-order valence-corrected chi connectivity index (χ1v) is 12.4. The van der Waals surface area contributed by atoms with Crippen LogP contribution in [0.2, 0.25) is 5.02 Å². The molecule has 0 aliphatic heterocycles. The van der Waals surface area contributed by atoms with Crippen molar-refractivity contribution < 1.29 is 9.53 Å². The molecule has 4 aromatic rings. The van der Waals surface area contributed by atoms with Gasteiger partial charge < -0.3 is 4.74 Å². The van der Waals surface area contributed by atoms with Crippen molar-refractivity contribution in [2.24, 2.45) is 5.10 Å². The Kier molecular flexibility index (Phi) is 8.18. The minimum atomic E-state index is -0.245. The number of nitrogens with zero attached hydrogens (tertiary/aromatic N) is 4. The fraction of sp³-hybridized carbons (Fsp3) is 0.154. The first-order chi connectivity index (χ1) is 17.0. The van der Waals surface area contributed by atoms with Crippen LogP contribution in [0, 0.1) is 0 Å². The Morgan fingerprint density at radius 2 is 1.74 bits per heavy atom. The number of carbonyl (C=O) groups excluding carboxylic acids is 1. The SMILES string of the molecule is CCOc1ccc(-n2c(SCC(=O)N/N=C(/C)c3ccc(Cl)cc3)nnc2-c2ccccc2)cc1. The average Bonchev–Trinajstić information content (AvgIpc) is 3.31. The first-order valence-electron chi connectivity index (χ1n) is 11.0. The lowest BCUT2D eigenvalue weighted by atomic mass is 10.1. The van der Waals surface area contributed by atoms with E-state index in [0.29, 0.717) is 28.3 Å². The maximum atomic E-state index is 12.5. The van der Waals surface area contributed by atoms with Crippen LogP contribution in [0.4, 0.5) is 0 Å². The molecule has 35 heavy (non-hydrogen) atoms. The second-order valence-corrected chi connectivity index (χ2v) is 8.84. The summed E-state index contributed by atoms with van der Waals surface area (Å²) in [6.07, 6.45) is 0. The van der Waals surface area contributed by atoms with E-state index in [1.54, 1.807) is 12.1 Å². The van der Waals surface area contributed by atoms with Crippen molar-refractivity contribution in [1.82, 2.24) is 20.2 Å². The molecular weight excluding hydrogens is 482 g/mol. The van der Waals surface area contributed by atoms with Crippen LogP contribution in [0.1, 0.15) is 19.4 Å². The Morgan fingerprint density at radius 1 is 1.03 bits per heavy atom. The van der Waals surface area contributed by atoms with Gasteiger partial charge in [0.25, 0.3) is 5.91 Å². The van der Waals surface area contributed by atoms with Crippen LogP contribution in [0.5, 0.6) is 5.75 Å². The molecule has 1 N–H and O–H groups in total. The second-order valence-electron chi connectivity index (χ2n) is 7.46. The van der Waals surface area contributed by atoms with Gasteiger partial charge in [-0.15, -0.1) is 10.2 Å². The predicted molar refractivity (Wildman–Crippen MR) is 140 cm³/mol. The van der Waals surface area contributed by atoms with Crippen molar-refractivity contribution in [3.8, 4) is 22.8 Å². The summed E-state index contributed by atoms with van der Waals surface area (Å²) >= 11 is 7.22. The summed E-state index contributed by atoms with van der Waals surface area (Å²) in [5.74, 6) is 1.36. The summed E-state index contributed by atoms with van der Waals surface area (Å²) in [5, 5.41) is 14.2. The molecule has 0 aliphatic carbocycles. The summed E-state index contributed by atoms with van der Waals surface area (Å²) < 4.78 is 7.50. The number of benzene rings is 3. The van der Waals surface area contributed by atoms with E-state index in [1.165, 1.54) is 11.8 Å². The lowest BCUT2D eigenvalue weighted by molar-refractivity contribution is -0.118. The van der Waals surface area contributed by atoms with Gasteiger partial charge in [-0.2, -0.15) is 5.10 Å². The van der Waals surface area contributed by atoms with Crippen molar-refractivity contribution in [3.63, 3.8) is 0 Å². The van der Waals surface area contributed by atoms with E-state index in [2.05, 4.69) is 20.7 Å². The minimum absolute atomic E-state index is 0.126. The standard InChI is InChI=1S/C26H24ClN5O2S/c1-3-34-23-15-13-22(14-16-23)32-25(20-7-5-4-6-8-20)30-31-26(32)35-17-24(33)29-28-18(2)19-9-11-21(27)12-10-19/h4-16H,3,17H2,1-2H3,(H,29,33)/b28-18-.